The van der Waals surface area contributed by atoms with E-state index in [4.69, 9.17) is 11.6 Å². The molecule has 1 aliphatic rings. The maximum atomic E-state index is 13.8. The van der Waals surface area contributed by atoms with Gasteiger partial charge in [-0.2, -0.15) is 0 Å². The average Bonchev–Trinajstić information content (AvgIpc) is 3.12. The van der Waals surface area contributed by atoms with E-state index in [1.165, 1.54) is 16.2 Å². The van der Waals surface area contributed by atoms with Crippen LogP contribution in [0, 0.1) is 17.5 Å². The predicted molar refractivity (Wildman–Crippen MR) is 87.6 cm³/mol. The fraction of sp³-hybridized carbons (Fsp3) is 0.375. The largest absolute Gasteiger partial charge is 0.337 e. The van der Waals surface area contributed by atoms with Crippen molar-refractivity contribution in [1.29, 1.82) is 0 Å². The first-order valence-electron chi connectivity index (χ1n) is 7.46. The van der Waals surface area contributed by atoms with E-state index in [1.54, 1.807) is 6.20 Å². The lowest BCUT2D eigenvalue weighted by atomic mass is 9.97. The summed E-state index contributed by atoms with van der Waals surface area (Å²) in [5.74, 6) is -3.95. The average molecular weight is 377 g/mol. The summed E-state index contributed by atoms with van der Waals surface area (Å²) < 4.78 is 40.8. The minimum absolute atomic E-state index is 0.0202. The Morgan fingerprint density at radius 1 is 1.33 bits per heavy atom. The molecule has 8 heteroatoms. The smallest absolute Gasteiger partial charge is 0.223 e. The Kier molecular flexibility index (Phi) is 6.23. The standard InChI is InChI=1S/C14H10ClF3N2OS.C2H6/c15-14-19-4-9(22-14)6-20-5-7(1-12(20)21)10-2-8(16)3-11(17)13(10)18;1-2/h2-4,7H,1,5-6H2;1-2H3. The number of halogens is 4. The van der Waals surface area contributed by atoms with E-state index in [9.17, 15) is 18.0 Å². The van der Waals surface area contributed by atoms with Crippen molar-refractivity contribution in [2.24, 2.45) is 0 Å². The number of thiazole rings is 1. The van der Waals surface area contributed by atoms with Crippen LogP contribution < -0.4 is 0 Å². The molecule has 24 heavy (non-hydrogen) atoms. The molecule has 1 aromatic heterocycles. The first-order valence-corrected chi connectivity index (χ1v) is 8.66. The second kappa shape index (κ2) is 7.98. The maximum absolute atomic E-state index is 13.8. The van der Waals surface area contributed by atoms with Crippen LogP contribution >= 0.6 is 22.9 Å². The van der Waals surface area contributed by atoms with Crippen LogP contribution in [0.4, 0.5) is 13.2 Å². The molecule has 1 amide bonds. The van der Waals surface area contributed by atoms with E-state index in [0.717, 1.165) is 10.9 Å². The van der Waals surface area contributed by atoms with Gasteiger partial charge < -0.3 is 4.90 Å². The van der Waals surface area contributed by atoms with Gasteiger partial charge in [0.15, 0.2) is 16.1 Å². The summed E-state index contributed by atoms with van der Waals surface area (Å²) in [6, 6.07) is 1.44. The van der Waals surface area contributed by atoms with Gasteiger partial charge in [0, 0.05) is 36.0 Å². The zero-order chi connectivity index (χ0) is 17.9. The summed E-state index contributed by atoms with van der Waals surface area (Å²) in [5.41, 5.74) is -0.101. The lowest BCUT2D eigenvalue weighted by Crippen LogP contribution is -2.24. The predicted octanol–water partition coefficient (Wildman–Crippen LogP) is 4.76. The Morgan fingerprint density at radius 2 is 2.04 bits per heavy atom. The van der Waals surface area contributed by atoms with Gasteiger partial charge in [-0.3, -0.25) is 4.79 Å². The van der Waals surface area contributed by atoms with Crippen molar-refractivity contribution in [3.8, 4) is 0 Å². The van der Waals surface area contributed by atoms with Gasteiger partial charge in [-0.25, -0.2) is 18.2 Å². The quantitative estimate of drug-likeness (QED) is 0.724. The second-order valence-electron chi connectivity index (χ2n) is 5.05. The normalized spacial score (nSPS) is 17.0. The third-order valence-electron chi connectivity index (χ3n) is 3.55. The van der Waals surface area contributed by atoms with Crippen LogP contribution in [0.25, 0.3) is 0 Å². The van der Waals surface area contributed by atoms with Crippen molar-refractivity contribution in [2.45, 2.75) is 32.7 Å². The summed E-state index contributed by atoms with van der Waals surface area (Å²) in [7, 11) is 0. The summed E-state index contributed by atoms with van der Waals surface area (Å²) in [6.07, 6.45) is 1.59. The molecule has 1 aliphatic heterocycles. The van der Waals surface area contributed by atoms with Gasteiger partial charge in [0.25, 0.3) is 0 Å². The van der Waals surface area contributed by atoms with Crippen LogP contribution in [0.1, 0.15) is 36.6 Å². The van der Waals surface area contributed by atoms with Crippen LogP contribution in [0.5, 0.6) is 0 Å². The number of amides is 1. The molecule has 1 aromatic carbocycles. The fourth-order valence-corrected chi connectivity index (χ4v) is 3.54. The highest BCUT2D eigenvalue weighted by molar-refractivity contribution is 7.15. The van der Waals surface area contributed by atoms with Gasteiger partial charge >= 0.3 is 0 Å². The summed E-state index contributed by atoms with van der Waals surface area (Å²) in [4.78, 5) is 18.2. The van der Waals surface area contributed by atoms with E-state index in [0.29, 0.717) is 17.1 Å². The lowest BCUT2D eigenvalue weighted by molar-refractivity contribution is -0.128. The highest BCUT2D eigenvalue weighted by Crippen LogP contribution is 2.33. The van der Waals surface area contributed by atoms with Crippen molar-refractivity contribution >= 4 is 28.8 Å². The number of hydrogen-bond acceptors (Lipinski definition) is 3. The Morgan fingerprint density at radius 3 is 2.67 bits per heavy atom. The minimum Gasteiger partial charge on any atom is -0.337 e. The number of rotatable bonds is 3. The maximum Gasteiger partial charge on any atom is 0.223 e. The number of aromatic nitrogens is 1. The summed E-state index contributed by atoms with van der Waals surface area (Å²) in [6.45, 7) is 4.51. The van der Waals surface area contributed by atoms with Gasteiger partial charge in [-0.15, -0.1) is 11.3 Å². The van der Waals surface area contributed by atoms with Crippen LogP contribution in [0.3, 0.4) is 0 Å². The molecule has 0 aliphatic carbocycles. The second-order valence-corrected chi connectivity index (χ2v) is 6.74. The topological polar surface area (TPSA) is 33.2 Å². The number of likely N-dealkylation sites (tertiary alicyclic amines) is 1. The van der Waals surface area contributed by atoms with Gasteiger partial charge in [-0.1, -0.05) is 25.4 Å². The highest BCUT2D eigenvalue weighted by Gasteiger charge is 2.33. The van der Waals surface area contributed by atoms with E-state index < -0.39 is 23.4 Å². The van der Waals surface area contributed by atoms with E-state index in [-0.39, 0.29) is 24.4 Å². The van der Waals surface area contributed by atoms with Crippen molar-refractivity contribution in [2.75, 3.05) is 6.54 Å². The number of carbonyl (C=O) groups excluding carboxylic acids is 1. The third-order valence-corrected chi connectivity index (χ3v) is 4.65. The van der Waals surface area contributed by atoms with Crippen molar-refractivity contribution in [3.63, 3.8) is 0 Å². The molecule has 1 fully saturated rings. The number of benzene rings is 1. The molecule has 3 rings (SSSR count). The minimum atomic E-state index is -1.24. The van der Waals surface area contributed by atoms with Crippen LogP contribution in [-0.4, -0.2) is 22.3 Å². The Labute approximate surface area is 147 Å². The Hall–Kier alpha value is -1.60. The first kappa shape index (κ1) is 18.7. The first-order chi connectivity index (χ1) is 11.4. The van der Waals surface area contributed by atoms with E-state index >= 15 is 0 Å². The zero-order valence-corrected chi connectivity index (χ0v) is 14.7. The van der Waals surface area contributed by atoms with Crippen LogP contribution in [0.15, 0.2) is 18.3 Å². The Balaban J connectivity index is 0.00000100. The molecule has 130 valence electrons. The monoisotopic (exact) mass is 376 g/mol. The van der Waals surface area contributed by atoms with Gasteiger partial charge in [0.1, 0.15) is 5.82 Å². The van der Waals surface area contributed by atoms with Crippen molar-refractivity contribution < 1.29 is 18.0 Å². The fourth-order valence-electron chi connectivity index (χ4n) is 2.55. The Bertz CT molecular complexity index is 738. The number of carbonyl (C=O) groups is 1. The molecule has 0 N–H and O–H groups in total. The van der Waals surface area contributed by atoms with Crippen LogP contribution in [0.2, 0.25) is 4.47 Å². The van der Waals surface area contributed by atoms with E-state index in [2.05, 4.69) is 4.98 Å². The van der Waals surface area contributed by atoms with Gasteiger partial charge in [0.2, 0.25) is 5.91 Å². The number of nitrogens with zero attached hydrogens (tertiary/aromatic N) is 2. The molecule has 1 unspecified atom stereocenters. The molecule has 1 atom stereocenters. The molecule has 0 saturated carbocycles. The molecular weight excluding hydrogens is 361 g/mol. The lowest BCUT2D eigenvalue weighted by Gasteiger charge is -2.16. The molecule has 0 spiro atoms. The van der Waals surface area contributed by atoms with Crippen LogP contribution in [-0.2, 0) is 11.3 Å². The number of hydrogen-bond donors (Lipinski definition) is 0. The summed E-state index contributed by atoms with van der Waals surface area (Å²) in [5, 5.41) is 0. The summed E-state index contributed by atoms with van der Waals surface area (Å²) >= 11 is 6.98. The van der Waals surface area contributed by atoms with Gasteiger partial charge in [0.05, 0.1) is 6.54 Å². The third kappa shape index (κ3) is 4.08. The molecule has 2 aromatic rings. The molecule has 3 nitrogen and oxygen atoms in total. The van der Waals surface area contributed by atoms with Gasteiger partial charge in [-0.05, 0) is 11.6 Å². The molecule has 1 saturated heterocycles. The molecule has 0 bridgehead atoms. The van der Waals surface area contributed by atoms with E-state index in [1.807, 2.05) is 13.8 Å². The van der Waals surface area contributed by atoms with Crippen molar-refractivity contribution in [3.05, 3.63) is 50.7 Å². The zero-order valence-electron chi connectivity index (χ0n) is 13.2. The molecule has 0 radical (unpaired) electrons. The molecule has 2 heterocycles. The van der Waals surface area contributed by atoms with Crippen molar-refractivity contribution in [1.82, 2.24) is 9.88 Å². The molecular formula is C16H16ClF3N2OS. The SMILES string of the molecule is CC.O=C1CC(c2cc(F)cc(F)c2F)CN1Cc1cnc(Cl)s1. The highest BCUT2D eigenvalue weighted by atomic mass is 35.5.